The number of piperazine rings is 1. The Hall–Kier alpha value is -1.06. The van der Waals surface area contributed by atoms with Gasteiger partial charge in [-0.3, -0.25) is 0 Å². The minimum absolute atomic E-state index is 0. The van der Waals surface area contributed by atoms with Crippen LogP contribution in [0, 0.1) is 6.92 Å². The van der Waals surface area contributed by atoms with E-state index in [0.717, 1.165) is 36.8 Å². The molecule has 1 aromatic rings. The molecule has 0 atom stereocenters. The molecule has 6 nitrogen and oxygen atoms in total. The summed E-state index contributed by atoms with van der Waals surface area (Å²) >= 11 is 0. The molecular formula is C23H42IN5O. The van der Waals surface area contributed by atoms with Gasteiger partial charge in [0.15, 0.2) is 5.96 Å². The first-order valence-corrected chi connectivity index (χ1v) is 11.2. The van der Waals surface area contributed by atoms with Crippen molar-refractivity contribution in [3.8, 4) is 5.75 Å². The molecule has 1 aromatic carbocycles. The number of nitrogens with zero attached hydrogens (tertiary/aromatic N) is 3. The molecule has 1 aliphatic rings. The van der Waals surface area contributed by atoms with E-state index in [1.807, 2.05) is 0 Å². The summed E-state index contributed by atoms with van der Waals surface area (Å²) in [4.78, 5) is 9.76. The molecule has 0 unspecified atom stereocenters. The van der Waals surface area contributed by atoms with Gasteiger partial charge in [0, 0.05) is 44.8 Å². The first kappa shape index (κ1) is 27.0. The van der Waals surface area contributed by atoms with Gasteiger partial charge >= 0.3 is 0 Å². The van der Waals surface area contributed by atoms with Gasteiger partial charge in [-0.2, -0.15) is 0 Å². The van der Waals surface area contributed by atoms with Gasteiger partial charge in [0.2, 0.25) is 0 Å². The van der Waals surface area contributed by atoms with E-state index in [9.17, 15) is 0 Å². The van der Waals surface area contributed by atoms with E-state index in [4.69, 9.17) is 9.73 Å². The number of aliphatic imine (C=N–C) groups is 1. The van der Waals surface area contributed by atoms with Gasteiger partial charge < -0.3 is 25.2 Å². The Morgan fingerprint density at radius 2 is 1.87 bits per heavy atom. The van der Waals surface area contributed by atoms with E-state index in [1.165, 1.54) is 44.7 Å². The van der Waals surface area contributed by atoms with Crippen LogP contribution >= 0.6 is 24.0 Å². The van der Waals surface area contributed by atoms with Crippen LogP contribution in [-0.2, 0) is 6.54 Å². The Morgan fingerprint density at radius 1 is 1.13 bits per heavy atom. The predicted octanol–water partition coefficient (Wildman–Crippen LogP) is 3.48. The second-order valence-electron chi connectivity index (χ2n) is 8.25. The number of aryl methyl sites for hydroxylation is 1. The van der Waals surface area contributed by atoms with Gasteiger partial charge in [-0.15, -0.1) is 24.0 Å². The molecule has 1 saturated heterocycles. The average Bonchev–Trinajstić information content (AvgIpc) is 2.68. The van der Waals surface area contributed by atoms with Gasteiger partial charge in [-0.05, 0) is 65.8 Å². The molecule has 0 spiro atoms. The fraction of sp³-hybridized carbons (Fsp3) is 0.696. The summed E-state index contributed by atoms with van der Waals surface area (Å²) < 4.78 is 5.98. The van der Waals surface area contributed by atoms with Gasteiger partial charge in [-0.25, -0.2) is 4.99 Å². The Bertz CT molecular complexity index is 630. The van der Waals surface area contributed by atoms with Crippen molar-refractivity contribution in [1.29, 1.82) is 0 Å². The van der Waals surface area contributed by atoms with Crippen LogP contribution in [0.2, 0.25) is 0 Å². The molecule has 0 bridgehead atoms. The minimum Gasteiger partial charge on any atom is -0.491 e. The molecule has 1 heterocycles. The molecule has 7 heteroatoms. The summed E-state index contributed by atoms with van der Waals surface area (Å²) in [6, 6.07) is 6.34. The quantitative estimate of drug-likeness (QED) is 0.210. The Balaban J connectivity index is 0.00000450. The Labute approximate surface area is 200 Å². The van der Waals surface area contributed by atoms with Gasteiger partial charge in [-0.1, -0.05) is 12.1 Å². The molecule has 0 aliphatic carbocycles. The van der Waals surface area contributed by atoms with Crippen molar-refractivity contribution in [3.05, 3.63) is 29.3 Å². The minimum atomic E-state index is 0. The van der Waals surface area contributed by atoms with Crippen molar-refractivity contribution in [3.63, 3.8) is 0 Å². The third kappa shape index (κ3) is 10.3. The van der Waals surface area contributed by atoms with Gasteiger partial charge in [0.25, 0.3) is 0 Å². The highest BCUT2D eigenvalue weighted by atomic mass is 127. The fourth-order valence-corrected chi connectivity index (χ4v) is 3.40. The number of unbranched alkanes of at least 4 members (excludes halogenated alkanes) is 1. The zero-order valence-corrected chi connectivity index (χ0v) is 21.9. The largest absolute Gasteiger partial charge is 0.491 e. The van der Waals surface area contributed by atoms with Crippen LogP contribution in [0.5, 0.6) is 5.75 Å². The van der Waals surface area contributed by atoms with Crippen molar-refractivity contribution in [2.24, 2.45) is 4.99 Å². The Morgan fingerprint density at radius 3 is 2.53 bits per heavy atom. The number of likely N-dealkylation sites (N-methyl/N-ethyl adjacent to an activating group) is 1. The molecule has 0 radical (unpaired) electrons. The van der Waals surface area contributed by atoms with Crippen LogP contribution < -0.4 is 15.4 Å². The van der Waals surface area contributed by atoms with Gasteiger partial charge in [0.1, 0.15) is 5.75 Å². The number of benzene rings is 1. The first-order chi connectivity index (χ1) is 14.0. The number of hydrogen-bond acceptors (Lipinski definition) is 4. The molecule has 2 N–H and O–H groups in total. The number of hydrogen-bond donors (Lipinski definition) is 2. The first-order valence-electron chi connectivity index (χ1n) is 11.2. The van der Waals surface area contributed by atoms with Crippen LogP contribution in [0.4, 0.5) is 0 Å². The zero-order chi connectivity index (χ0) is 21.1. The molecular weight excluding hydrogens is 489 g/mol. The third-order valence-corrected chi connectivity index (χ3v) is 5.13. The maximum atomic E-state index is 5.98. The van der Waals surface area contributed by atoms with Crippen LogP contribution in [0.1, 0.15) is 44.7 Å². The van der Waals surface area contributed by atoms with E-state index in [1.54, 1.807) is 0 Å². The SMILES string of the molecule is CCNC(=NCc1ccc(C)cc1OC(C)C)NCCCCN1CCN(C)CC1.I. The van der Waals surface area contributed by atoms with Crippen molar-refractivity contribution >= 4 is 29.9 Å². The fourth-order valence-electron chi connectivity index (χ4n) is 3.40. The summed E-state index contributed by atoms with van der Waals surface area (Å²) in [5.41, 5.74) is 2.33. The summed E-state index contributed by atoms with van der Waals surface area (Å²) in [7, 11) is 2.21. The van der Waals surface area contributed by atoms with Crippen LogP contribution in [0.3, 0.4) is 0 Å². The summed E-state index contributed by atoms with van der Waals surface area (Å²) in [5.74, 6) is 1.81. The van der Waals surface area contributed by atoms with Crippen molar-refractivity contribution < 1.29 is 4.74 Å². The second-order valence-corrected chi connectivity index (χ2v) is 8.25. The third-order valence-electron chi connectivity index (χ3n) is 5.13. The summed E-state index contributed by atoms with van der Waals surface area (Å²) in [6.07, 6.45) is 2.54. The number of halogens is 1. The van der Waals surface area contributed by atoms with Crippen molar-refractivity contribution in [1.82, 2.24) is 20.4 Å². The number of nitrogens with one attached hydrogen (secondary N) is 2. The van der Waals surface area contributed by atoms with E-state index < -0.39 is 0 Å². The normalized spacial score (nSPS) is 15.7. The topological polar surface area (TPSA) is 52.1 Å². The molecule has 1 fully saturated rings. The van der Waals surface area contributed by atoms with E-state index in [2.05, 4.69) is 73.4 Å². The summed E-state index contributed by atoms with van der Waals surface area (Å²) in [6.45, 7) is 16.7. The van der Waals surface area contributed by atoms with Crippen molar-refractivity contribution in [2.45, 2.75) is 53.2 Å². The molecule has 0 aromatic heterocycles. The standard InChI is InChI=1S/C23H41N5O.HI/c1-6-24-23(25-11-7-8-12-28-15-13-27(5)14-16-28)26-18-21-10-9-20(4)17-22(21)29-19(2)3;/h9-10,17,19H,6-8,11-16,18H2,1-5H3,(H2,24,25,26);1H. The lowest BCUT2D eigenvalue weighted by molar-refractivity contribution is 0.152. The maximum Gasteiger partial charge on any atom is 0.191 e. The second kappa shape index (κ2) is 14.9. The summed E-state index contributed by atoms with van der Waals surface area (Å²) in [5, 5.41) is 6.83. The lowest BCUT2D eigenvalue weighted by Crippen LogP contribution is -2.44. The monoisotopic (exact) mass is 531 g/mol. The lowest BCUT2D eigenvalue weighted by atomic mass is 10.1. The molecule has 0 amide bonds. The van der Waals surface area contributed by atoms with E-state index >= 15 is 0 Å². The lowest BCUT2D eigenvalue weighted by Gasteiger charge is -2.32. The number of rotatable bonds is 10. The van der Waals surface area contributed by atoms with Crippen LogP contribution in [-0.4, -0.2) is 74.7 Å². The average molecular weight is 532 g/mol. The highest BCUT2D eigenvalue weighted by molar-refractivity contribution is 14.0. The van der Waals surface area contributed by atoms with Crippen LogP contribution in [0.15, 0.2) is 23.2 Å². The molecule has 0 saturated carbocycles. The van der Waals surface area contributed by atoms with Crippen molar-refractivity contribution in [2.75, 3.05) is 52.9 Å². The highest BCUT2D eigenvalue weighted by Crippen LogP contribution is 2.22. The predicted molar refractivity (Wildman–Crippen MR) is 138 cm³/mol. The zero-order valence-electron chi connectivity index (χ0n) is 19.5. The van der Waals surface area contributed by atoms with Crippen LogP contribution in [0.25, 0.3) is 0 Å². The van der Waals surface area contributed by atoms with E-state index in [0.29, 0.717) is 6.54 Å². The Kier molecular flexibility index (Phi) is 13.4. The molecule has 172 valence electrons. The molecule has 2 rings (SSSR count). The van der Waals surface area contributed by atoms with E-state index in [-0.39, 0.29) is 30.1 Å². The number of guanidine groups is 1. The molecule has 1 aliphatic heterocycles. The van der Waals surface area contributed by atoms with Gasteiger partial charge in [0.05, 0.1) is 12.6 Å². The molecule has 30 heavy (non-hydrogen) atoms. The number of ether oxygens (including phenoxy) is 1. The smallest absolute Gasteiger partial charge is 0.191 e. The maximum absolute atomic E-state index is 5.98. The highest BCUT2D eigenvalue weighted by Gasteiger charge is 2.12.